The van der Waals surface area contributed by atoms with Crippen LogP contribution in [0.5, 0.6) is 0 Å². The number of aryl methyl sites for hydroxylation is 1. The Balaban J connectivity index is 2.36. The van der Waals surface area contributed by atoms with Crippen molar-refractivity contribution in [2.24, 2.45) is 5.73 Å². The second-order valence-electron chi connectivity index (χ2n) is 5.44. The van der Waals surface area contributed by atoms with E-state index in [2.05, 4.69) is 30.0 Å². The van der Waals surface area contributed by atoms with Crippen LogP contribution < -0.4 is 10.6 Å². The Bertz CT molecular complexity index is 430. The van der Waals surface area contributed by atoms with E-state index in [0.29, 0.717) is 6.42 Å². The molecule has 1 aromatic carbocycles. The Labute approximate surface area is 115 Å². The van der Waals surface area contributed by atoms with E-state index in [0.717, 1.165) is 19.4 Å². The van der Waals surface area contributed by atoms with Gasteiger partial charge < -0.3 is 15.7 Å². The van der Waals surface area contributed by atoms with Crippen molar-refractivity contribution < 1.29 is 9.90 Å². The van der Waals surface area contributed by atoms with Gasteiger partial charge >= 0.3 is 5.97 Å². The summed E-state index contributed by atoms with van der Waals surface area (Å²) in [5.74, 6) is -0.931. The molecule has 0 aromatic heterocycles. The zero-order valence-electron chi connectivity index (χ0n) is 12.0. The van der Waals surface area contributed by atoms with Crippen LogP contribution in [0.25, 0.3) is 0 Å². The fraction of sp³-hybridized carbons (Fsp3) is 0.533. The number of benzene rings is 1. The maximum absolute atomic E-state index is 10.9. The molecule has 3 N–H and O–H groups in total. The van der Waals surface area contributed by atoms with Gasteiger partial charge in [0.1, 0.15) is 5.54 Å². The fourth-order valence-corrected chi connectivity index (χ4v) is 1.94. The Morgan fingerprint density at radius 3 is 2.68 bits per heavy atom. The van der Waals surface area contributed by atoms with E-state index >= 15 is 0 Å². The van der Waals surface area contributed by atoms with Gasteiger partial charge in [-0.05, 0) is 50.8 Å². The Kier molecular flexibility index (Phi) is 5.36. The number of anilines is 1. The lowest BCUT2D eigenvalue weighted by Gasteiger charge is -2.22. The first-order valence-corrected chi connectivity index (χ1v) is 6.63. The van der Waals surface area contributed by atoms with Crippen LogP contribution >= 0.6 is 0 Å². The van der Waals surface area contributed by atoms with Gasteiger partial charge in [0.2, 0.25) is 0 Å². The van der Waals surface area contributed by atoms with Crippen molar-refractivity contribution in [1.29, 1.82) is 0 Å². The number of hydrogen-bond donors (Lipinski definition) is 2. The average molecular weight is 264 g/mol. The van der Waals surface area contributed by atoms with Gasteiger partial charge in [-0.15, -0.1) is 0 Å². The van der Waals surface area contributed by atoms with Crippen LogP contribution in [0.2, 0.25) is 0 Å². The molecule has 0 aliphatic rings. The van der Waals surface area contributed by atoms with Crippen molar-refractivity contribution in [2.45, 2.75) is 38.6 Å². The largest absolute Gasteiger partial charge is 0.480 e. The lowest BCUT2D eigenvalue weighted by molar-refractivity contribution is -0.142. The van der Waals surface area contributed by atoms with Gasteiger partial charge in [0.25, 0.3) is 0 Å². The fourth-order valence-electron chi connectivity index (χ4n) is 1.94. The summed E-state index contributed by atoms with van der Waals surface area (Å²) in [7, 11) is 2.05. The highest BCUT2D eigenvalue weighted by Gasteiger charge is 2.26. The van der Waals surface area contributed by atoms with Crippen LogP contribution in [-0.2, 0) is 4.79 Å². The maximum Gasteiger partial charge on any atom is 0.323 e. The summed E-state index contributed by atoms with van der Waals surface area (Å²) in [5, 5.41) is 8.92. The van der Waals surface area contributed by atoms with E-state index in [9.17, 15) is 4.79 Å². The topological polar surface area (TPSA) is 66.6 Å². The van der Waals surface area contributed by atoms with Gasteiger partial charge in [0.15, 0.2) is 0 Å². The average Bonchev–Trinajstić information content (AvgIpc) is 2.34. The van der Waals surface area contributed by atoms with Crippen molar-refractivity contribution in [2.75, 3.05) is 18.5 Å². The van der Waals surface area contributed by atoms with E-state index in [1.165, 1.54) is 11.3 Å². The van der Waals surface area contributed by atoms with Crippen molar-refractivity contribution in [3.05, 3.63) is 29.8 Å². The van der Waals surface area contributed by atoms with E-state index in [1.54, 1.807) is 6.92 Å². The van der Waals surface area contributed by atoms with Crippen molar-refractivity contribution >= 4 is 11.7 Å². The Morgan fingerprint density at radius 1 is 1.42 bits per heavy atom. The summed E-state index contributed by atoms with van der Waals surface area (Å²) in [6, 6.07) is 8.34. The molecule has 0 bridgehead atoms. The number of unbranched alkanes of at least 4 members (excludes halogenated alkanes) is 1. The first kappa shape index (κ1) is 15.5. The summed E-state index contributed by atoms with van der Waals surface area (Å²) in [6.07, 6.45) is 2.25. The van der Waals surface area contributed by atoms with Gasteiger partial charge in [0.05, 0.1) is 0 Å². The molecule has 0 spiro atoms. The predicted octanol–water partition coefficient (Wildman–Crippen LogP) is 2.40. The van der Waals surface area contributed by atoms with Crippen molar-refractivity contribution in [3.63, 3.8) is 0 Å². The molecular formula is C15H24N2O2. The van der Waals surface area contributed by atoms with Crippen LogP contribution in [-0.4, -0.2) is 30.2 Å². The van der Waals surface area contributed by atoms with E-state index < -0.39 is 11.5 Å². The highest BCUT2D eigenvalue weighted by molar-refractivity contribution is 5.77. The molecule has 0 amide bonds. The zero-order valence-corrected chi connectivity index (χ0v) is 12.0. The van der Waals surface area contributed by atoms with Gasteiger partial charge in [-0.2, -0.15) is 0 Å². The highest BCUT2D eigenvalue weighted by Crippen LogP contribution is 2.16. The zero-order chi connectivity index (χ0) is 14.5. The predicted molar refractivity (Wildman–Crippen MR) is 78.5 cm³/mol. The van der Waals surface area contributed by atoms with Crippen LogP contribution in [0, 0.1) is 6.92 Å². The molecule has 19 heavy (non-hydrogen) atoms. The molecule has 4 nitrogen and oxygen atoms in total. The molecular weight excluding hydrogens is 240 g/mol. The lowest BCUT2D eigenvalue weighted by Crippen LogP contribution is -2.44. The molecule has 0 fully saturated rings. The summed E-state index contributed by atoms with van der Waals surface area (Å²) in [5.41, 5.74) is 7.01. The number of carbonyl (C=O) groups is 1. The first-order valence-electron chi connectivity index (χ1n) is 6.63. The number of nitrogens with zero attached hydrogens (tertiary/aromatic N) is 1. The third-order valence-corrected chi connectivity index (χ3v) is 3.37. The number of carboxylic acid groups (broad SMARTS) is 1. The first-order chi connectivity index (χ1) is 8.83. The summed E-state index contributed by atoms with van der Waals surface area (Å²) < 4.78 is 0. The van der Waals surface area contributed by atoms with Gasteiger partial charge in [-0.25, -0.2) is 0 Å². The Hall–Kier alpha value is -1.55. The number of hydrogen-bond acceptors (Lipinski definition) is 3. The van der Waals surface area contributed by atoms with E-state index in [4.69, 9.17) is 10.8 Å². The van der Waals surface area contributed by atoms with Crippen LogP contribution in [0.4, 0.5) is 5.69 Å². The summed E-state index contributed by atoms with van der Waals surface area (Å²) in [4.78, 5) is 13.1. The van der Waals surface area contributed by atoms with E-state index in [-0.39, 0.29) is 0 Å². The third kappa shape index (κ3) is 4.91. The standard InChI is InChI=1S/C15H24N2O2/c1-12-7-6-8-13(11-12)17(3)10-5-4-9-15(2,16)14(18)19/h6-8,11H,4-5,9-10,16H2,1-3H3,(H,18,19). The Morgan fingerprint density at radius 2 is 2.11 bits per heavy atom. The van der Waals surface area contributed by atoms with Gasteiger partial charge in [-0.1, -0.05) is 12.1 Å². The number of carboxylic acids is 1. The number of rotatable bonds is 7. The van der Waals surface area contributed by atoms with Gasteiger partial charge in [-0.3, -0.25) is 4.79 Å². The van der Waals surface area contributed by atoms with Crippen LogP contribution in [0.1, 0.15) is 31.7 Å². The molecule has 1 atom stereocenters. The molecule has 0 saturated carbocycles. The number of aliphatic carboxylic acids is 1. The molecule has 106 valence electrons. The molecule has 1 unspecified atom stereocenters. The summed E-state index contributed by atoms with van der Waals surface area (Å²) in [6.45, 7) is 4.54. The molecule has 0 aliphatic carbocycles. The normalized spacial score (nSPS) is 13.9. The lowest BCUT2D eigenvalue weighted by atomic mass is 9.96. The molecule has 1 rings (SSSR count). The maximum atomic E-state index is 10.9. The minimum Gasteiger partial charge on any atom is -0.480 e. The van der Waals surface area contributed by atoms with Crippen molar-refractivity contribution in [1.82, 2.24) is 0 Å². The molecule has 1 aromatic rings. The molecule has 0 radical (unpaired) electrons. The minimum atomic E-state index is -1.11. The number of nitrogens with two attached hydrogens (primary N) is 1. The molecule has 0 saturated heterocycles. The smallest absolute Gasteiger partial charge is 0.323 e. The molecule has 4 heteroatoms. The van der Waals surface area contributed by atoms with Crippen molar-refractivity contribution in [3.8, 4) is 0 Å². The summed E-state index contributed by atoms with van der Waals surface area (Å²) >= 11 is 0. The SMILES string of the molecule is Cc1cccc(N(C)CCCCC(C)(N)C(=O)O)c1. The second kappa shape index (κ2) is 6.57. The third-order valence-electron chi connectivity index (χ3n) is 3.37. The second-order valence-corrected chi connectivity index (χ2v) is 5.44. The molecule has 0 heterocycles. The highest BCUT2D eigenvalue weighted by atomic mass is 16.4. The van der Waals surface area contributed by atoms with Gasteiger partial charge in [0, 0.05) is 19.3 Å². The van der Waals surface area contributed by atoms with E-state index in [1.807, 2.05) is 13.1 Å². The minimum absolute atomic E-state index is 0.504. The molecule has 0 aliphatic heterocycles. The van der Waals surface area contributed by atoms with Crippen LogP contribution in [0.3, 0.4) is 0 Å². The quantitative estimate of drug-likeness (QED) is 0.742. The monoisotopic (exact) mass is 264 g/mol. The van der Waals surface area contributed by atoms with Crippen LogP contribution in [0.15, 0.2) is 24.3 Å².